The molecular formula is C18H20N2O2. The van der Waals surface area contributed by atoms with Gasteiger partial charge in [-0.25, -0.2) is 5.01 Å². The quantitative estimate of drug-likeness (QED) is 0.845. The van der Waals surface area contributed by atoms with E-state index in [0.29, 0.717) is 0 Å². The summed E-state index contributed by atoms with van der Waals surface area (Å²) in [6, 6.07) is 12.4. The number of nitrogens with zero attached hydrogens (tertiary/aromatic N) is 2. The molecule has 0 radical (unpaired) electrons. The Bertz CT molecular complexity index is 708. The Balaban J connectivity index is 1.79. The molecule has 0 fully saturated rings. The molecule has 3 heterocycles. The molecule has 0 aliphatic carbocycles. The zero-order chi connectivity index (χ0) is 15.2. The van der Waals surface area contributed by atoms with E-state index in [1.165, 1.54) is 5.56 Å². The molecule has 2 aliphatic rings. The van der Waals surface area contributed by atoms with Crippen LogP contribution in [0.4, 0.5) is 0 Å². The van der Waals surface area contributed by atoms with Gasteiger partial charge in [0.25, 0.3) is 0 Å². The molecule has 114 valence electrons. The SMILES string of the molecule is CCC[C@@]1(C)Oc2ccccc2[C@H]2CC(c3ccco3)=NN21. The number of hydrogen-bond acceptors (Lipinski definition) is 4. The van der Waals surface area contributed by atoms with Crippen molar-refractivity contribution < 1.29 is 9.15 Å². The zero-order valence-electron chi connectivity index (χ0n) is 13.0. The number of para-hydroxylation sites is 1. The smallest absolute Gasteiger partial charge is 0.195 e. The molecule has 2 aromatic rings. The molecule has 2 aliphatic heterocycles. The molecule has 0 saturated heterocycles. The van der Waals surface area contributed by atoms with Gasteiger partial charge in [0, 0.05) is 18.4 Å². The summed E-state index contributed by atoms with van der Waals surface area (Å²) in [5.74, 6) is 1.83. The average molecular weight is 296 g/mol. The highest BCUT2D eigenvalue weighted by Crippen LogP contribution is 2.47. The fourth-order valence-corrected chi connectivity index (χ4v) is 3.54. The maximum atomic E-state index is 6.33. The monoisotopic (exact) mass is 296 g/mol. The van der Waals surface area contributed by atoms with Gasteiger partial charge in [0.2, 0.25) is 0 Å². The highest BCUT2D eigenvalue weighted by molar-refractivity contribution is 5.99. The molecule has 1 aromatic heterocycles. The Morgan fingerprint density at radius 1 is 1.27 bits per heavy atom. The Morgan fingerprint density at radius 3 is 2.91 bits per heavy atom. The normalized spacial score (nSPS) is 26.2. The fourth-order valence-electron chi connectivity index (χ4n) is 3.54. The van der Waals surface area contributed by atoms with Crippen molar-refractivity contribution in [3.8, 4) is 5.75 Å². The Labute approximate surface area is 130 Å². The second kappa shape index (κ2) is 4.90. The first-order valence-electron chi connectivity index (χ1n) is 7.90. The van der Waals surface area contributed by atoms with Crippen molar-refractivity contribution in [3.63, 3.8) is 0 Å². The lowest BCUT2D eigenvalue weighted by molar-refractivity contribution is -0.111. The number of rotatable bonds is 3. The molecule has 4 heteroatoms. The summed E-state index contributed by atoms with van der Waals surface area (Å²) in [6.07, 6.45) is 4.54. The summed E-state index contributed by atoms with van der Waals surface area (Å²) in [5.41, 5.74) is 1.81. The Morgan fingerprint density at radius 2 is 2.14 bits per heavy atom. The molecule has 4 nitrogen and oxygen atoms in total. The maximum Gasteiger partial charge on any atom is 0.195 e. The summed E-state index contributed by atoms with van der Waals surface area (Å²) in [7, 11) is 0. The van der Waals surface area contributed by atoms with Crippen LogP contribution in [-0.4, -0.2) is 16.4 Å². The molecule has 22 heavy (non-hydrogen) atoms. The van der Waals surface area contributed by atoms with Crippen molar-refractivity contribution in [2.75, 3.05) is 0 Å². The Hall–Kier alpha value is -2.23. The van der Waals surface area contributed by atoms with Crippen LogP contribution < -0.4 is 4.74 Å². The summed E-state index contributed by atoms with van der Waals surface area (Å²) < 4.78 is 11.9. The van der Waals surface area contributed by atoms with Crippen LogP contribution >= 0.6 is 0 Å². The van der Waals surface area contributed by atoms with E-state index < -0.39 is 5.72 Å². The number of fused-ring (bicyclic) bond motifs is 3. The number of furan rings is 1. The molecule has 0 spiro atoms. The minimum atomic E-state index is -0.401. The van der Waals surface area contributed by atoms with Gasteiger partial charge in [0.15, 0.2) is 5.72 Å². The van der Waals surface area contributed by atoms with E-state index >= 15 is 0 Å². The third-order valence-electron chi connectivity index (χ3n) is 4.52. The van der Waals surface area contributed by atoms with Gasteiger partial charge in [-0.2, -0.15) is 5.10 Å². The second-order valence-electron chi connectivity index (χ2n) is 6.15. The summed E-state index contributed by atoms with van der Waals surface area (Å²) >= 11 is 0. The standard InChI is InChI=1S/C18H20N2O2/c1-3-10-18(2)20-15(13-7-4-5-8-16(13)22-18)12-14(19-20)17-9-6-11-21-17/h4-9,11,15H,3,10,12H2,1-2H3/t15-,18-/m1/s1. The van der Waals surface area contributed by atoms with E-state index in [2.05, 4.69) is 37.1 Å². The molecular weight excluding hydrogens is 276 g/mol. The van der Waals surface area contributed by atoms with Gasteiger partial charge in [-0.15, -0.1) is 0 Å². The zero-order valence-corrected chi connectivity index (χ0v) is 13.0. The molecule has 0 N–H and O–H groups in total. The first kappa shape index (κ1) is 13.4. The largest absolute Gasteiger partial charge is 0.466 e. The highest BCUT2D eigenvalue weighted by atomic mass is 16.5. The van der Waals surface area contributed by atoms with Crippen molar-refractivity contribution in [2.45, 2.75) is 44.9 Å². The van der Waals surface area contributed by atoms with Crippen LogP contribution in [0.3, 0.4) is 0 Å². The van der Waals surface area contributed by atoms with Gasteiger partial charge in [-0.3, -0.25) is 0 Å². The third-order valence-corrected chi connectivity index (χ3v) is 4.52. The molecule has 0 saturated carbocycles. The van der Waals surface area contributed by atoms with E-state index in [9.17, 15) is 0 Å². The predicted octanol–water partition coefficient (Wildman–Crippen LogP) is 4.34. The van der Waals surface area contributed by atoms with E-state index in [-0.39, 0.29) is 6.04 Å². The van der Waals surface area contributed by atoms with Crippen LogP contribution in [0.2, 0.25) is 0 Å². The lowest BCUT2D eigenvalue weighted by Crippen LogP contribution is -2.51. The molecule has 4 rings (SSSR count). The molecule has 2 atom stereocenters. The van der Waals surface area contributed by atoms with Crippen LogP contribution in [0.1, 0.15) is 50.5 Å². The van der Waals surface area contributed by atoms with E-state index in [1.807, 2.05) is 18.2 Å². The summed E-state index contributed by atoms with van der Waals surface area (Å²) in [6.45, 7) is 4.31. The average Bonchev–Trinajstić information content (AvgIpc) is 3.17. The van der Waals surface area contributed by atoms with Crippen LogP contribution in [-0.2, 0) is 0 Å². The van der Waals surface area contributed by atoms with E-state index in [1.54, 1.807) is 6.26 Å². The lowest BCUT2D eigenvalue weighted by Gasteiger charge is -2.45. The minimum Gasteiger partial charge on any atom is -0.466 e. The number of hydrazone groups is 1. The van der Waals surface area contributed by atoms with E-state index in [0.717, 1.165) is 36.5 Å². The number of hydrogen-bond donors (Lipinski definition) is 0. The summed E-state index contributed by atoms with van der Waals surface area (Å²) in [4.78, 5) is 0. The van der Waals surface area contributed by atoms with Crippen LogP contribution in [0, 0.1) is 0 Å². The van der Waals surface area contributed by atoms with Gasteiger partial charge < -0.3 is 9.15 Å². The van der Waals surface area contributed by atoms with Crippen molar-refractivity contribution in [1.82, 2.24) is 5.01 Å². The molecule has 0 amide bonds. The van der Waals surface area contributed by atoms with Crippen molar-refractivity contribution in [1.29, 1.82) is 0 Å². The van der Waals surface area contributed by atoms with Crippen molar-refractivity contribution >= 4 is 5.71 Å². The van der Waals surface area contributed by atoms with Crippen LogP contribution in [0.15, 0.2) is 52.2 Å². The van der Waals surface area contributed by atoms with Crippen LogP contribution in [0.25, 0.3) is 0 Å². The highest BCUT2D eigenvalue weighted by Gasteiger charge is 2.47. The predicted molar refractivity (Wildman–Crippen MR) is 84.8 cm³/mol. The van der Waals surface area contributed by atoms with Gasteiger partial charge in [0.05, 0.1) is 12.3 Å². The molecule has 0 unspecified atom stereocenters. The first-order valence-corrected chi connectivity index (χ1v) is 7.90. The second-order valence-corrected chi connectivity index (χ2v) is 6.15. The van der Waals surface area contributed by atoms with Gasteiger partial charge in [0.1, 0.15) is 17.2 Å². The van der Waals surface area contributed by atoms with Gasteiger partial charge >= 0.3 is 0 Å². The fraction of sp³-hybridized carbons (Fsp3) is 0.389. The molecule has 1 aromatic carbocycles. The first-order chi connectivity index (χ1) is 10.7. The van der Waals surface area contributed by atoms with Crippen molar-refractivity contribution in [2.24, 2.45) is 5.10 Å². The minimum absolute atomic E-state index is 0.224. The Kier molecular flexibility index (Phi) is 2.99. The number of benzene rings is 1. The third kappa shape index (κ3) is 1.94. The number of ether oxygens (including phenoxy) is 1. The lowest BCUT2D eigenvalue weighted by atomic mass is 9.95. The van der Waals surface area contributed by atoms with Gasteiger partial charge in [-0.05, 0) is 25.1 Å². The topological polar surface area (TPSA) is 38.0 Å². The van der Waals surface area contributed by atoms with Crippen LogP contribution in [0.5, 0.6) is 5.75 Å². The van der Waals surface area contributed by atoms with Crippen molar-refractivity contribution in [3.05, 3.63) is 54.0 Å². The summed E-state index contributed by atoms with van der Waals surface area (Å²) in [5, 5.41) is 6.99. The maximum absolute atomic E-state index is 6.33. The molecule has 0 bridgehead atoms. The van der Waals surface area contributed by atoms with E-state index in [4.69, 9.17) is 14.3 Å². The van der Waals surface area contributed by atoms with Gasteiger partial charge in [-0.1, -0.05) is 31.5 Å².